The van der Waals surface area contributed by atoms with Gasteiger partial charge in [-0.3, -0.25) is 13.9 Å². The van der Waals surface area contributed by atoms with Crippen molar-refractivity contribution in [2.45, 2.75) is 17.7 Å². The molecule has 158 valence electrons. The summed E-state index contributed by atoms with van der Waals surface area (Å²) in [6, 6.07) is 14.5. The smallest absolute Gasteiger partial charge is 0.235 e. The number of sulfonamides is 1. The second-order valence-electron chi connectivity index (χ2n) is 7.38. The normalized spacial score (nSPS) is 20.6. The number of carbonyl (C=O) groups excluding carboxylic acids is 2. The highest BCUT2D eigenvalue weighted by molar-refractivity contribution is 7.98. The van der Waals surface area contributed by atoms with Crippen LogP contribution in [0, 0.1) is 5.92 Å². The van der Waals surface area contributed by atoms with Gasteiger partial charge in [0.2, 0.25) is 21.8 Å². The van der Waals surface area contributed by atoms with Crippen molar-refractivity contribution in [3.8, 4) is 0 Å². The predicted octanol–water partition coefficient (Wildman–Crippen LogP) is 2.94. The van der Waals surface area contributed by atoms with Crippen LogP contribution in [0.15, 0.2) is 53.4 Å². The Morgan fingerprint density at radius 2 is 1.90 bits per heavy atom. The molecule has 2 aliphatic rings. The first-order chi connectivity index (χ1) is 14.4. The molecule has 4 rings (SSSR count). The fourth-order valence-electron chi connectivity index (χ4n) is 3.80. The summed E-state index contributed by atoms with van der Waals surface area (Å²) in [6.07, 6.45) is 2.76. The first-order valence-electron chi connectivity index (χ1n) is 9.73. The molecule has 2 heterocycles. The summed E-state index contributed by atoms with van der Waals surface area (Å²) in [5.41, 5.74) is 1.98. The molecule has 9 heteroatoms. The van der Waals surface area contributed by atoms with Crippen LogP contribution in [0.1, 0.15) is 12.8 Å². The Balaban J connectivity index is 1.41. The van der Waals surface area contributed by atoms with E-state index in [0.717, 1.165) is 10.6 Å². The average molecular weight is 446 g/mol. The number of amides is 2. The van der Waals surface area contributed by atoms with Crippen LogP contribution in [-0.4, -0.2) is 45.3 Å². The summed E-state index contributed by atoms with van der Waals surface area (Å²) < 4.78 is 25.5. The zero-order valence-electron chi connectivity index (χ0n) is 16.6. The highest BCUT2D eigenvalue weighted by atomic mass is 32.2. The van der Waals surface area contributed by atoms with Crippen molar-refractivity contribution in [1.29, 1.82) is 0 Å². The summed E-state index contributed by atoms with van der Waals surface area (Å²) in [5, 5.41) is 2.85. The first kappa shape index (κ1) is 20.7. The van der Waals surface area contributed by atoms with E-state index in [0.29, 0.717) is 30.9 Å². The van der Waals surface area contributed by atoms with Gasteiger partial charge < -0.3 is 10.2 Å². The highest BCUT2D eigenvalue weighted by Crippen LogP contribution is 2.29. The molecule has 2 aliphatic heterocycles. The fourth-order valence-corrected chi connectivity index (χ4v) is 5.81. The molecule has 1 unspecified atom stereocenters. The Labute approximate surface area is 180 Å². The van der Waals surface area contributed by atoms with Crippen LogP contribution in [-0.2, 0) is 19.6 Å². The van der Waals surface area contributed by atoms with Gasteiger partial charge in [-0.15, -0.1) is 11.8 Å². The molecular formula is C21H23N3O4S2. The second kappa shape index (κ2) is 8.31. The topological polar surface area (TPSA) is 86.8 Å². The zero-order valence-corrected chi connectivity index (χ0v) is 18.2. The monoisotopic (exact) mass is 445 g/mol. The maximum Gasteiger partial charge on any atom is 0.235 e. The minimum Gasteiger partial charge on any atom is -0.326 e. The van der Waals surface area contributed by atoms with Crippen molar-refractivity contribution in [3.63, 3.8) is 0 Å². The van der Waals surface area contributed by atoms with E-state index >= 15 is 0 Å². The third-order valence-corrected chi connectivity index (χ3v) is 7.98. The van der Waals surface area contributed by atoms with Gasteiger partial charge in [0.25, 0.3) is 0 Å². The van der Waals surface area contributed by atoms with Gasteiger partial charge in [0.05, 0.1) is 17.4 Å². The van der Waals surface area contributed by atoms with Gasteiger partial charge in [0, 0.05) is 35.8 Å². The minimum atomic E-state index is -3.23. The predicted molar refractivity (Wildman–Crippen MR) is 120 cm³/mol. The van der Waals surface area contributed by atoms with Gasteiger partial charge in [-0.1, -0.05) is 6.07 Å². The van der Waals surface area contributed by atoms with Gasteiger partial charge in [0.1, 0.15) is 0 Å². The molecule has 2 saturated heterocycles. The van der Waals surface area contributed by atoms with Crippen LogP contribution in [0.3, 0.4) is 0 Å². The molecule has 0 radical (unpaired) electrons. The number of rotatable bonds is 5. The van der Waals surface area contributed by atoms with Crippen LogP contribution in [0.25, 0.3) is 0 Å². The SMILES string of the molecule is CSc1cccc(N2CC(C(=O)Nc3ccc(N4CCCS4(=O)=O)cc3)CC2=O)c1. The number of anilines is 3. The number of carbonyl (C=O) groups is 2. The summed E-state index contributed by atoms with van der Waals surface area (Å²) in [6.45, 7) is 0.818. The van der Waals surface area contributed by atoms with Crippen molar-refractivity contribution in [2.75, 3.05) is 39.6 Å². The lowest BCUT2D eigenvalue weighted by Crippen LogP contribution is -2.28. The van der Waals surface area contributed by atoms with Crippen molar-refractivity contribution >= 4 is 50.7 Å². The summed E-state index contributed by atoms with van der Waals surface area (Å²) in [5.74, 6) is -0.553. The van der Waals surface area contributed by atoms with Gasteiger partial charge in [-0.2, -0.15) is 0 Å². The number of nitrogens with zero attached hydrogens (tertiary/aromatic N) is 2. The quantitative estimate of drug-likeness (QED) is 0.715. The number of thioether (sulfide) groups is 1. The zero-order chi connectivity index (χ0) is 21.3. The second-order valence-corrected chi connectivity index (χ2v) is 10.3. The molecule has 7 nitrogen and oxygen atoms in total. The highest BCUT2D eigenvalue weighted by Gasteiger charge is 2.35. The Bertz CT molecular complexity index is 1070. The van der Waals surface area contributed by atoms with Crippen LogP contribution in [0.2, 0.25) is 0 Å². The summed E-state index contributed by atoms with van der Waals surface area (Å²) >= 11 is 1.60. The van der Waals surface area contributed by atoms with E-state index in [9.17, 15) is 18.0 Å². The molecule has 1 atom stereocenters. The molecule has 1 N–H and O–H groups in total. The van der Waals surface area contributed by atoms with E-state index in [1.165, 1.54) is 4.31 Å². The molecule has 0 aromatic heterocycles. The summed E-state index contributed by atoms with van der Waals surface area (Å²) in [4.78, 5) is 27.9. The van der Waals surface area contributed by atoms with E-state index in [1.54, 1.807) is 40.9 Å². The van der Waals surface area contributed by atoms with Crippen LogP contribution < -0.4 is 14.5 Å². The Morgan fingerprint density at radius 3 is 2.57 bits per heavy atom. The molecule has 2 fully saturated rings. The van der Waals surface area contributed by atoms with Crippen LogP contribution >= 0.6 is 11.8 Å². The maximum absolute atomic E-state index is 12.7. The van der Waals surface area contributed by atoms with Gasteiger partial charge in [-0.25, -0.2) is 8.42 Å². The largest absolute Gasteiger partial charge is 0.326 e. The standard InChI is InChI=1S/C21H23N3O4S2/c1-29-19-5-2-4-18(13-19)23-14-15(12-20(23)25)21(26)22-16-6-8-17(9-7-16)24-10-3-11-30(24,27)28/h2,4-9,13,15H,3,10-12,14H2,1H3,(H,22,26). The number of benzene rings is 2. The van der Waals surface area contributed by atoms with E-state index in [2.05, 4.69) is 5.32 Å². The van der Waals surface area contributed by atoms with E-state index < -0.39 is 15.9 Å². The molecule has 2 aromatic carbocycles. The van der Waals surface area contributed by atoms with E-state index in [1.807, 2.05) is 30.5 Å². The molecule has 2 aromatic rings. The van der Waals surface area contributed by atoms with Crippen molar-refractivity contribution in [3.05, 3.63) is 48.5 Å². The van der Waals surface area contributed by atoms with E-state index in [4.69, 9.17) is 0 Å². The number of hydrogen-bond donors (Lipinski definition) is 1. The van der Waals surface area contributed by atoms with Crippen LogP contribution in [0.4, 0.5) is 17.1 Å². The lowest BCUT2D eigenvalue weighted by Gasteiger charge is -2.18. The van der Waals surface area contributed by atoms with Gasteiger partial charge in [0.15, 0.2) is 0 Å². The lowest BCUT2D eigenvalue weighted by molar-refractivity contribution is -0.122. The number of hydrogen-bond acceptors (Lipinski definition) is 5. The maximum atomic E-state index is 12.7. The molecule has 0 aliphatic carbocycles. The van der Waals surface area contributed by atoms with Crippen molar-refractivity contribution in [2.24, 2.45) is 5.92 Å². The van der Waals surface area contributed by atoms with Crippen LogP contribution in [0.5, 0.6) is 0 Å². The fraction of sp³-hybridized carbons (Fsp3) is 0.333. The third-order valence-electron chi connectivity index (χ3n) is 5.38. The lowest BCUT2D eigenvalue weighted by atomic mass is 10.1. The minimum absolute atomic E-state index is 0.0667. The first-order valence-corrected chi connectivity index (χ1v) is 12.6. The Kier molecular flexibility index (Phi) is 5.75. The Morgan fingerprint density at radius 1 is 1.13 bits per heavy atom. The molecule has 2 amide bonds. The molecule has 30 heavy (non-hydrogen) atoms. The van der Waals surface area contributed by atoms with Crippen molar-refractivity contribution < 1.29 is 18.0 Å². The molecule has 0 saturated carbocycles. The average Bonchev–Trinajstić information content (AvgIpc) is 3.30. The van der Waals surface area contributed by atoms with Gasteiger partial charge in [-0.05, 0) is 55.1 Å². The van der Waals surface area contributed by atoms with Gasteiger partial charge >= 0.3 is 0 Å². The summed E-state index contributed by atoms with van der Waals surface area (Å²) in [7, 11) is -3.23. The van der Waals surface area contributed by atoms with Crippen molar-refractivity contribution in [1.82, 2.24) is 0 Å². The number of nitrogens with one attached hydrogen (secondary N) is 1. The third kappa shape index (κ3) is 4.17. The molecule has 0 bridgehead atoms. The Hall–Kier alpha value is -2.52. The molecular weight excluding hydrogens is 422 g/mol. The molecule has 0 spiro atoms. The van der Waals surface area contributed by atoms with E-state index in [-0.39, 0.29) is 24.0 Å².